The Kier molecular flexibility index (Phi) is 2.86. The lowest BCUT2D eigenvalue weighted by Gasteiger charge is -2.08. The predicted octanol–water partition coefficient (Wildman–Crippen LogP) is 2.46. The number of imidazole rings is 1. The zero-order valence-corrected chi connectivity index (χ0v) is 11.1. The molecule has 0 saturated heterocycles. The van der Waals surface area contributed by atoms with Gasteiger partial charge in [-0.25, -0.2) is 14.0 Å². The number of hydrogen-bond acceptors (Lipinski definition) is 2. The fraction of sp³-hybridized carbons (Fsp3) is 0.0667. The summed E-state index contributed by atoms with van der Waals surface area (Å²) in [6.45, 7) is 1.57. The van der Waals surface area contributed by atoms with Gasteiger partial charge >= 0.3 is 11.7 Å². The van der Waals surface area contributed by atoms with Crippen molar-refractivity contribution in [1.29, 1.82) is 0 Å². The Hall–Kier alpha value is -2.89. The van der Waals surface area contributed by atoms with Crippen molar-refractivity contribution in [2.75, 3.05) is 0 Å². The number of halogens is 1. The maximum atomic E-state index is 13.7. The number of hydrogen-bond donors (Lipinski definition) is 2. The first kappa shape index (κ1) is 13.1. The van der Waals surface area contributed by atoms with Gasteiger partial charge in [-0.2, -0.15) is 0 Å². The lowest BCUT2D eigenvalue weighted by Crippen LogP contribution is -2.16. The molecule has 3 rings (SSSR count). The highest BCUT2D eigenvalue weighted by Crippen LogP contribution is 2.21. The van der Waals surface area contributed by atoms with Crippen molar-refractivity contribution in [2.45, 2.75) is 6.92 Å². The van der Waals surface area contributed by atoms with Gasteiger partial charge in [0.1, 0.15) is 5.82 Å². The van der Waals surface area contributed by atoms with Crippen LogP contribution in [-0.2, 0) is 0 Å². The number of aromatic nitrogens is 2. The predicted molar refractivity (Wildman–Crippen MR) is 75.6 cm³/mol. The van der Waals surface area contributed by atoms with Gasteiger partial charge in [0.25, 0.3) is 0 Å². The summed E-state index contributed by atoms with van der Waals surface area (Å²) in [6, 6.07) is 8.74. The Balaban J connectivity index is 2.39. The van der Waals surface area contributed by atoms with E-state index in [9.17, 15) is 14.0 Å². The maximum Gasteiger partial charge on any atom is 0.335 e. The lowest BCUT2D eigenvalue weighted by molar-refractivity contribution is 0.0697. The third-order valence-electron chi connectivity index (χ3n) is 3.41. The number of carboxylic acid groups (broad SMARTS) is 1. The highest BCUT2D eigenvalue weighted by molar-refractivity contribution is 5.92. The molecule has 0 aliphatic heterocycles. The molecular formula is C15H11FN2O3. The second-order valence-electron chi connectivity index (χ2n) is 4.69. The summed E-state index contributed by atoms with van der Waals surface area (Å²) in [7, 11) is 0. The number of carboxylic acids is 1. The van der Waals surface area contributed by atoms with Crippen LogP contribution in [0.15, 0.2) is 41.2 Å². The number of fused-ring (bicyclic) bond motifs is 1. The van der Waals surface area contributed by atoms with Crippen molar-refractivity contribution in [3.05, 3.63) is 63.8 Å². The van der Waals surface area contributed by atoms with Crippen LogP contribution in [0.5, 0.6) is 0 Å². The van der Waals surface area contributed by atoms with Crippen LogP contribution in [0.4, 0.5) is 4.39 Å². The zero-order chi connectivity index (χ0) is 15.1. The van der Waals surface area contributed by atoms with Crippen molar-refractivity contribution < 1.29 is 14.3 Å². The van der Waals surface area contributed by atoms with E-state index in [0.29, 0.717) is 22.3 Å². The van der Waals surface area contributed by atoms with Crippen LogP contribution >= 0.6 is 0 Å². The Bertz CT molecular complexity index is 924. The molecule has 0 fully saturated rings. The van der Waals surface area contributed by atoms with E-state index in [1.165, 1.54) is 34.9 Å². The van der Waals surface area contributed by atoms with Gasteiger partial charge in [-0.05, 0) is 37.3 Å². The van der Waals surface area contributed by atoms with Gasteiger partial charge < -0.3 is 10.1 Å². The molecule has 5 nitrogen and oxygen atoms in total. The molecule has 0 amide bonds. The van der Waals surface area contributed by atoms with Gasteiger partial charge in [0.05, 0.1) is 22.3 Å². The average molecular weight is 286 g/mol. The molecule has 1 aromatic heterocycles. The highest BCUT2D eigenvalue weighted by atomic mass is 19.1. The molecule has 0 radical (unpaired) electrons. The molecule has 1 heterocycles. The molecule has 0 saturated carbocycles. The lowest BCUT2D eigenvalue weighted by atomic mass is 10.1. The first-order valence-corrected chi connectivity index (χ1v) is 6.22. The molecule has 0 aliphatic rings. The molecule has 0 unspecified atom stereocenters. The second-order valence-corrected chi connectivity index (χ2v) is 4.69. The largest absolute Gasteiger partial charge is 0.478 e. The average Bonchev–Trinajstić information content (AvgIpc) is 2.77. The highest BCUT2D eigenvalue weighted by Gasteiger charge is 2.14. The molecule has 21 heavy (non-hydrogen) atoms. The third kappa shape index (κ3) is 2.01. The summed E-state index contributed by atoms with van der Waals surface area (Å²) in [4.78, 5) is 25.8. The van der Waals surface area contributed by atoms with Crippen LogP contribution in [0.25, 0.3) is 16.7 Å². The van der Waals surface area contributed by atoms with Crippen LogP contribution in [-0.4, -0.2) is 20.6 Å². The minimum Gasteiger partial charge on any atom is -0.478 e. The molecule has 0 atom stereocenters. The van der Waals surface area contributed by atoms with Gasteiger partial charge in [0, 0.05) is 5.56 Å². The quantitative estimate of drug-likeness (QED) is 0.760. The number of nitrogens with zero attached hydrogens (tertiary/aromatic N) is 1. The van der Waals surface area contributed by atoms with E-state index < -0.39 is 17.5 Å². The number of nitrogens with one attached hydrogen (secondary N) is 1. The van der Waals surface area contributed by atoms with Crippen LogP contribution in [0, 0.1) is 12.7 Å². The Morgan fingerprint density at radius 3 is 2.76 bits per heavy atom. The SMILES string of the molecule is Cc1c(F)cccc1-n1c(=O)[nH]c2ccc(C(=O)O)cc21. The molecule has 0 aliphatic carbocycles. The van der Waals surface area contributed by atoms with Crippen molar-refractivity contribution in [1.82, 2.24) is 9.55 Å². The molecule has 0 spiro atoms. The second kappa shape index (κ2) is 4.59. The van der Waals surface area contributed by atoms with E-state index in [4.69, 9.17) is 5.11 Å². The van der Waals surface area contributed by atoms with Crippen LogP contribution in [0.1, 0.15) is 15.9 Å². The van der Waals surface area contributed by atoms with E-state index in [1.807, 2.05) is 0 Å². The van der Waals surface area contributed by atoms with Crippen molar-refractivity contribution in [3.8, 4) is 5.69 Å². The molecule has 106 valence electrons. The van der Waals surface area contributed by atoms with Crippen molar-refractivity contribution in [3.63, 3.8) is 0 Å². The van der Waals surface area contributed by atoms with Gasteiger partial charge in [-0.1, -0.05) is 6.07 Å². The number of rotatable bonds is 2. The minimum atomic E-state index is -1.09. The number of aromatic amines is 1. The maximum absolute atomic E-state index is 13.7. The summed E-state index contributed by atoms with van der Waals surface area (Å²) in [5.41, 5.74) is 1.21. The fourth-order valence-electron chi connectivity index (χ4n) is 2.31. The summed E-state index contributed by atoms with van der Waals surface area (Å²) >= 11 is 0. The fourth-order valence-corrected chi connectivity index (χ4v) is 2.31. The van der Waals surface area contributed by atoms with Crippen molar-refractivity contribution >= 4 is 17.0 Å². The summed E-state index contributed by atoms with van der Waals surface area (Å²) in [5, 5.41) is 9.05. The third-order valence-corrected chi connectivity index (χ3v) is 3.41. The van der Waals surface area contributed by atoms with Gasteiger partial charge in [-0.15, -0.1) is 0 Å². The monoisotopic (exact) mass is 286 g/mol. The zero-order valence-electron chi connectivity index (χ0n) is 11.1. The van der Waals surface area contributed by atoms with E-state index in [0.717, 1.165) is 0 Å². The number of H-pyrrole nitrogens is 1. The molecule has 0 bridgehead atoms. The van der Waals surface area contributed by atoms with E-state index >= 15 is 0 Å². The first-order chi connectivity index (χ1) is 9.99. The normalized spacial score (nSPS) is 11.0. The first-order valence-electron chi connectivity index (χ1n) is 6.22. The smallest absolute Gasteiger partial charge is 0.335 e. The van der Waals surface area contributed by atoms with E-state index in [2.05, 4.69) is 4.98 Å². The molecular weight excluding hydrogens is 275 g/mol. The summed E-state index contributed by atoms with van der Waals surface area (Å²) in [6.07, 6.45) is 0. The minimum absolute atomic E-state index is 0.0595. The van der Waals surface area contributed by atoms with Gasteiger partial charge in [0.15, 0.2) is 0 Å². The van der Waals surface area contributed by atoms with Crippen LogP contribution in [0.2, 0.25) is 0 Å². The molecule has 2 N–H and O–H groups in total. The van der Waals surface area contributed by atoms with Gasteiger partial charge in [-0.3, -0.25) is 4.57 Å². The van der Waals surface area contributed by atoms with Crippen molar-refractivity contribution in [2.24, 2.45) is 0 Å². The van der Waals surface area contributed by atoms with E-state index in [-0.39, 0.29) is 5.56 Å². The Labute approximate surface area is 118 Å². The van der Waals surface area contributed by atoms with Crippen LogP contribution in [0.3, 0.4) is 0 Å². The molecule has 6 heteroatoms. The number of benzene rings is 2. The summed E-state index contributed by atoms with van der Waals surface area (Å²) in [5.74, 6) is -1.52. The van der Waals surface area contributed by atoms with Gasteiger partial charge in [0.2, 0.25) is 0 Å². The molecule has 2 aromatic carbocycles. The number of carbonyl (C=O) groups is 1. The Morgan fingerprint density at radius 1 is 1.29 bits per heavy atom. The summed E-state index contributed by atoms with van der Waals surface area (Å²) < 4.78 is 15.0. The topological polar surface area (TPSA) is 75.1 Å². The Morgan fingerprint density at radius 2 is 2.05 bits per heavy atom. The number of aromatic carboxylic acids is 1. The standard InChI is InChI=1S/C15H11FN2O3/c1-8-10(16)3-2-4-12(8)18-13-7-9(14(19)20)5-6-11(13)17-15(18)21/h2-7H,1H3,(H,17,21)(H,19,20). The molecule has 3 aromatic rings. The van der Waals surface area contributed by atoms with E-state index in [1.54, 1.807) is 13.0 Å². The van der Waals surface area contributed by atoms with Crippen LogP contribution < -0.4 is 5.69 Å².